The number of nitrogens with one attached hydrogen (secondary N) is 1. The summed E-state index contributed by atoms with van der Waals surface area (Å²) >= 11 is 1.61. The molecule has 2 aromatic rings. The van der Waals surface area contributed by atoms with E-state index in [1.165, 1.54) is 6.08 Å². The number of ether oxygens (including phenoxy) is 2. The summed E-state index contributed by atoms with van der Waals surface area (Å²) < 4.78 is 10.8. The molecular weight excluding hydrogens is 324 g/mol. The van der Waals surface area contributed by atoms with E-state index in [0.717, 1.165) is 22.7 Å². The van der Waals surface area contributed by atoms with Crippen molar-refractivity contribution in [1.82, 2.24) is 10.3 Å². The zero-order chi connectivity index (χ0) is 17.4. The zero-order valence-corrected chi connectivity index (χ0v) is 15.0. The van der Waals surface area contributed by atoms with Crippen LogP contribution in [0.4, 0.5) is 0 Å². The Kier molecular flexibility index (Phi) is 6.81. The molecule has 0 aliphatic rings. The molecule has 0 aliphatic carbocycles. The lowest BCUT2D eigenvalue weighted by atomic mass is 10.2. The number of carbonyl (C=O) groups is 1. The van der Waals surface area contributed by atoms with Gasteiger partial charge >= 0.3 is 0 Å². The van der Waals surface area contributed by atoms with Gasteiger partial charge in [-0.1, -0.05) is 6.07 Å². The fourth-order valence-corrected chi connectivity index (χ4v) is 2.88. The minimum absolute atomic E-state index is 0.129. The first kappa shape index (κ1) is 18.0. The monoisotopic (exact) mass is 346 g/mol. The summed E-state index contributed by atoms with van der Waals surface area (Å²) in [6.45, 7) is 5.03. The number of thiazole rings is 1. The van der Waals surface area contributed by atoms with Crippen molar-refractivity contribution in [1.29, 1.82) is 0 Å². The maximum absolute atomic E-state index is 11.9. The molecular formula is C18H22N2O3S. The van der Waals surface area contributed by atoms with Gasteiger partial charge < -0.3 is 14.8 Å². The second-order valence-electron chi connectivity index (χ2n) is 5.10. The van der Waals surface area contributed by atoms with Crippen molar-refractivity contribution in [2.24, 2.45) is 0 Å². The molecule has 0 saturated carbocycles. The number of hydrogen-bond donors (Lipinski definition) is 1. The summed E-state index contributed by atoms with van der Waals surface area (Å²) in [4.78, 5) is 16.2. The molecule has 0 bridgehead atoms. The summed E-state index contributed by atoms with van der Waals surface area (Å²) in [7, 11) is 1.60. The van der Waals surface area contributed by atoms with Gasteiger partial charge in [-0.25, -0.2) is 4.98 Å². The number of methoxy groups -OCH3 is 1. The first-order valence-electron chi connectivity index (χ1n) is 7.80. The van der Waals surface area contributed by atoms with Crippen LogP contribution in [0.2, 0.25) is 0 Å². The highest BCUT2D eigenvalue weighted by Gasteiger charge is 2.04. The molecule has 0 saturated heterocycles. The van der Waals surface area contributed by atoms with Crippen LogP contribution in [-0.2, 0) is 11.2 Å². The van der Waals surface area contributed by atoms with E-state index in [9.17, 15) is 4.79 Å². The van der Waals surface area contributed by atoms with E-state index >= 15 is 0 Å². The molecule has 1 N–H and O–H groups in total. The van der Waals surface area contributed by atoms with Gasteiger partial charge in [-0.3, -0.25) is 4.79 Å². The van der Waals surface area contributed by atoms with Crippen molar-refractivity contribution in [3.05, 3.63) is 45.9 Å². The number of carbonyl (C=O) groups excluding carboxylic acids is 1. The number of benzene rings is 1. The summed E-state index contributed by atoms with van der Waals surface area (Å²) in [5.74, 6) is 1.22. The number of aryl methyl sites for hydroxylation is 1. The molecule has 0 aliphatic heterocycles. The van der Waals surface area contributed by atoms with Gasteiger partial charge in [0.05, 0.1) is 18.7 Å². The first-order valence-corrected chi connectivity index (χ1v) is 8.68. The molecule has 1 heterocycles. The first-order chi connectivity index (χ1) is 11.6. The van der Waals surface area contributed by atoms with E-state index in [1.807, 2.05) is 37.4 Å². The number of rotatable bonds is 8. The van der Waals surface area contributed by atoms with Gasteiger partial charge in [0.2, 0.25) is 5.91 Å². The van der Waals surface area contributed by atoms with E-state index in [4.69, 9.17) is 9.47 Å². The largest absolute Gasteiger partial charge is 0.493 e. The highest BCUT2D eigenvalue weighted by atomic mass is 32.1. The van der Waals surface area contributed by atoms with Crippen LogP contribution in [0.25, 0.3) is 6.08 Å². The summed E-state index contributed by atoms with van der Waals surface area (Å²) in [5, 5.41) is 5.90. The highest BCUT2D eigenvalue weighted by molar-refractivity contribution is 7.09. The minimum Gasteiger partial charge on any atom is -0.493 e. The molecule has 128 valence electrons. The van der Waals surface area contributed by atoms with Crippen LogP contribution in [0, 0.1) is 6.92 Å². The lowest BCUT2D eigenvalue weighted by Gasteiger charge is -2.09. The predicted octanol–water partition coefficient (Wildman–Crippen LogP) is 3.23. The second-order valence-corrected chi connectivity index (χ2v) is 6.04. The molecule has 1 aromatic heterocycles. The molecule has 2 rings (SSSR count). The lowest BCUT2D eigenvalue weighted by molar-refractivity contribution is -0.116. The van der Waals surface area contributed by atoms with Gasteiger partial charge in [-0.15, -0.1) is 11.3 Å². The van der Waals surface area contributed by atoms with Crippen molar-refractivity contribution >= 4 is 23.3 Å². The Hall–Kier alpha value is -2.34. The smallest absolute Gasteiger partial charge is 0.244 e. The third-order valence-electron chi connectivity index (χ3n) is 3.22. The van der Waals surface area contributed by atoms with Crippen molar-refractivity contribution in [2.45, 2.75) is 20.3 Å². The van der Waals surface area contributed by atoms with Crippen molar-refractivity contribution in [3.8, 4) is 11.5 Å². The summed E-state index contributed by atoms with van der Waals surface area (Å²) in [5.41, 5.74) is 1.90. The van der Waals surface area contributed by atoms with Crippen LogP contribution in [0.1, 0.15) is 23.2 Å². The molecule has 0 spiro atoms. The average Bonchev–Trinajstić information content (AvgIpc) is 2.99. The molecule has 6 heteroatoms. The van der Waals surface area contributed by atoms with Gasteiger partial charge in [-0.05, 0) is 37.6 Å². The molecule has 0 unspecified atom stereocenters. The quantitative estimate of drug-likeness (QED) is 0.746. The fraction of sp³-hybridized carbons (Fsp3) is 0.333. The Morgan fingerprint density at radius 1 is 1.38 bits per heavy atom. The van der Waals surface area contributed by atoms with E-state index in [0.29, 0.717) is 24.7 Å². The van der Waals surface area contributed by atoms with Crippen LogP contribution in [0.15, 0.2) is 29.7 Å². The van der Waals surface area contributed by atoms with Gasteiger partial charge in [-0.2, -0.15) is 0 Å². The van der Waals surface area contributed by atoms with E-state index in [-0.39, 0.29) is 5.91 Å². The summed E-state index contributed by atoms with van der Waals surface area (Å²) in [6, 6.07) is 5.56. The van der Waals surface area contributed by atoms with Crippen LogP contribution in [0.3, 0.4) is 0 Å². The lowest BCUT2D eigenvalue weighted by Crippen LogP contribution is -2.23. The topological polar surface area (TPSA) is 60.5 Å². The third kappa shape index (κ3) is 5.38. The average molecular weight is 346 g/mol. The zero-order valence-electron chi connectivity index (χ0n) is 14.2. The Morgan fingerprint density at radius 3 is 2.88 bits per heavy atom. The van der Waals surface area contributed by atoms with Crippen LogP contribution >= 0.6 is 11.3 Å². The Labute approximate surface area is 146 Å². The van der Waals surface area contributed by atoms with E-state index in [2.05, 4.69) is 10.3 Å². The predicted molar refractivity (Wildman–Crippen MR) is 96.8 cm³/mol. The number of nitrogens with zero attached hydrogens (tertiary/aromatic N) is 1. The van der Waals surface area contributed by atoms with Crippen LogP contribution in [0.5, 0.6) is 11.5 Å². The molecule has 1 aromatic carbocycles. The highest BCUT2D eigenvalue weighted by Crippen LogP contribution is 2.28. The molecule has 0 atom stereocenters. The molecule has 0 fully saturated rings. The number of amides is 1. The second kappa shape index (κ2) is 9.08. The van der Waals surface area contributed by atoms with Crippen LogP contribution in [-0.4, -0.2) is 31.2 Å². The Balaban J connectivity index is 1.86. The van der Waals surface area contributed by atoms with Gasteiger partial charge in [0.25, 0.3) is 0 Å². The maximum Gasteiger partial charge on any atom is 0.244 e. The van der Waals surface area contributed by atoms with Crippen molar-refractivity contribution in [2.75, 3.05) is 20.3 Å². The fourth-order valence-electron chi connectivity index (χ4n) is 2.10. The number of hydrogen-bond acceptors (Lipinski definition) is 5. The molecule has 1 amide bonds. The van der Waals surface area contributed by atoms with Gasteiger partial charge in [0, 0.05) is 30.1 Å². The number of aromatic nitrogens is 1. The normalized spacial score (nSPS) is 10.8. The third-order valence-corrected chi connectivity index (χ3v) is 4.25. The van der Waals surface area contributed by atoms with Crippen molar-refractivity contribution < 1.29 is 14.3 Å². The Bertz CT molecular complexity index is 710. The maximum atomic E-state index is 11.9. The van der Waals surface area contributed by atoms with E-state index in [1.54, 1.807) is 24.5 Å². The Morgan fingerprint density at radius 2 is 2.21 bits per heavy atom. The molecule has 0 radical (unpaired) electrons. The van der Waals surface area contributed by atoms with E-state index < -0.39 is 0 Å². The minimum atomic E-state index is -0.129. The molecule has 5 nitrogen and oxygen atoms in total. The standard InChI is InChI=1S/C18H22N2O3S/c1-4-23-15-7-5-14(11-16(15)22-3)6-8-17(21)19-10-9-18-20-13(2)12-24-18/h5-8,11-12H,4,9-10H2,1-3H3,(H,19,21)/b8-6+. The van der Waals surface area contributed by atoms with Gasteiger partial charge in [0.15, 0.2) is 11.5 Å². The molecule has 24 heavy (non-hydrogen) atoms. The van der Waals surface area contributed by atoms with Crippen molar-refractivity contribution in [3.63, 3.8) is 0 Å². The summed E-state index contributed by atoms with van der Waals surface area (Å²) in [6.07, 6.45) is 4.01. The van der Waals surface area contributed by atoms with Gasteiger partial charge in [0.1, 0.15) is 0 Å². The SMILES string of the molecule is CCOc1ccc(/C=C/C(=O)NCCc2nc(C)cs2)cc1OC. The van der Waals surface area contributed by atoms with Crippen LogP contribution < -0.4 is 14.8 Å².